The predicted octanol–water partition coefficient (Wildman–Crippen LogP) is 2.56. The van der Waals surface area contributed by atoms with Crippen LogP contribution in [-0.2, 0) is 0 Å². The first-order valence-corrected chi connectivity index (χ1v) is 5.55. The largest absolute Gasteiger partial charge is 0.363 e. The van der Waals surface area contributed by atoms with E-state index >= 15 is 0 Å². The fourth-order valence-corrected chi connectivity index (χ4v) is 1.54. The molecule has 2 rings (SSSR count). The Hall–Kier alpha value is -1.84. The van der Waals surface area contributed by atoms with Gasteiger partial charge in [0, 0.05) is 18.5 Å². The number of nitrogens with zero attached hydrogens (tertiary/aromatic N) is 3. The molecule has 0 bridgehead atoms. The van der Waals surface area contributed by atoms with Crippen LogP contribution < -0.4 is 0 Å². The monoisotopic (exact) mass is 216 g/mol. The van der Waals surface area contributed by atoms with Crippen molar-refractivity contribution in [3.05, 3.63) is 24.4 Å². The maximum absolute atomic E-state index is 4.43. The van der Waals surface area contributed by atoms with E-state index in [1.807, 2.05) is 30.7 Å². The molecule has 0 amide bonds. The number of H-pyrrole nitrogens is 1. The van der Waals surface area contributed by atoms with Crippen molar-refractivity contribution in [2.45, 2.75) is 13.8 Å². The number of hydrogen-bond donors (Lipinski definition) is 1. The minimum atomic E-state index is 0.948. The third kappa shape index (κ3) is 2.21. The summed E-state index contributed by atoms with van der Waals surface area (Å²) < 4.78 is 0. The van der Waals surface area contributed by atoms with Crippen LogP contribution in [0.15, 0.2) is 29.4 Å². The van der Waals surface area contributed by atoms with E-state index in [0.717, 1.165) is 29.7 Å². The highest BCUT2D eigenvalue weighted by atomic mass is 15.1. The first kappa shape index (κ1) is 10.7. The SMILES string of the molecule is CCN(C=Nc1ccc2cn[nH]c2c1)CC. The summed E-state index contributed by atoms with van der Waals surface area (Å²) in [6.07, 6.45) is 3.70. The van der Waals surface area contributed by atoms with Gasteiger partial charge in [0.15, 0.2) is 0 Å². The van der Waals surface area contributed by atoms with Gasteiger partial charge in [0.25, 0.3) is 0 Å². The zero-order valence-corrected chi connectivity index (χ0v) is 9.64. The first-order chi connectivity index (χ1) is 7.83. The first-order valence-electron chi connectivity index (χ1n) is 5.55. The Kier molecular flexibility index (Phi) is 3.19. The number of rotatable bonds is 4. The number of nitrogens with one attached hydrogen (secondary N) is 1. The Balaban J connectivity index is 2.20. The van der Waals surface area contributed by atoms with Gasteiger partial charge in [0.05, 0.1) is 23.7 Å². The summed E-state index contributed by atoms with van der Waals surface area (Å²) in [5, 5.41) is 8.03. The Bertz CT molecular complexity index is 482. The van der Waals surface area contributed by atoms with Crippen LogP contribution >= 0.6 is 0 Å². The van der Waals surface area contributed by atoms with Crippen LogP contribution in [0.5, 0.6) is 0 Å². The van der Waals surface area contributed by atoms with Crippen LogP contribution in [0, 0.1) is 0 Å². The fourth-order valence-electron chi connectivity index (χ4n) is 1.54. The lowest BCUT2D eigenvalue weighted by molar-refractivity contribution is 0.480. The van der Waals surface area contributed by atoms with Gasteiger partial charge in [0.2, 0.25) is 0 Å². The molecule has 2 aromatic rings. The standard InChI is InChI=1S/C12H16N4/c1-3-16(4-2)9-13-11-6-5-10-8-14-15-12(10)7-11/h5-9H,3-4H2,1-2H3,(H,14,15). The highest BCUT2D eigenvalue weighted by Gasteiger charge is 1.96. The van der Waals surface area contributed by atoms with Crippen molar-refractivity contribution in [1.29, 1.82) is 0 Å². The Morgan fingerprint density at radius 3 is 2.94 bits per heavy atom. The summed E-state index contributed by atoms with van der Waals surface area (Å²) >= 11 is 0. The summed E-state index contributed by atoms with van der Waals surface area (Å²) in [6.45, 7) is 6.19. The topological polar surface area (TPSA) is 44.3 Å². The number of aromatic amines is 1. The Labute approximate surface area is 95.0 Å². The van der Waals surface area contributed by atoms with E-state index in [1.54, 1.807) is 0 Å². The average Bonchev–Trinajstić information content (AvgIpc) is 2.77. The third-order valence-corrected chi connectivity index (χ3v) is 2.61. The molecule has 0 saturated carbocycles. The Morgan fingerprint density at radius 1 is 1.38 bits per heavy atom. The minimum absolute atomic E-state index is 0.948. The van der Waals surface area contributed by atoms with Crippen molar-refractivity contribution in [2.75, 3.05) is 13.1 Å². The van der Waals surface area contributed by atoms with E-state index in [1.165, 1.54) is 0 Å². The van der Waals surface area contributed by atoms with Crippen molar-refractivity contribution in [2.24, 2.45) is 4.99 Å². The number of aromatic nitrogens is 2. The average molecular weight is 216 g/mol. The van der Waals surface area contributed by atoms with Crippen LogP contribution in [0.25, 0.3) is 10.9 Å². The fraction of sp³-hybridized carbons (Fsp3) is 0.333. The molecule has 1 N–H and O–H groups in total. The highest BCUT2D eigenvalue weighted by molar-refractivity contribution is 5.81. The van der Waals surface area contributed by atoms with Crippen LogP contribution in [0.3, 0.4) is 0 Å². The van der Waals surface area contributed by atoms with E-state index in [4.69, 9.17) is 0 Å². The van der Waals surface area contributed by atoms with E-state index < -0.39 is 0 Å². The van der Waals surface area contributed by atoms with Crippen molar-refractivity contribution < 1.29 is 0 Å². The highest BCUT2D eigenvalue weighted by Crippen LogP contribution is 2.18. The van der Waals surface area contributed by atoms with Crippen molar-refractivity contribution >= 4 is 22.9 Å². The van der Waals surface area contributed by atoms with E-state index in [9.17, 15) is 0 Å². The van der Waals surface area contributed by atoms with Gasteiger partial charge in [-0.15, -0.1) is 0 Å². The molecule has 0 aliphatic carbocycles. The van der Waals surface area contributed by atoms with Crippen LogP contribution in [0.2, 0.25) is 0 Å². The molecule has 0 radical (unpaired) electrons. The molecule has 0 aliphatic heterocycles. The number of aliphatic imine (C=N–C) groups is 1. The molecule has 0 aliphatic rings. The van der Waals surface area contributed by atoms with Crippen LogP contribution in [0.4, 0.5) is 5.69 Å². The lowest BCUT2D eigenvalue weighted by atomic mass is 10.2. The van der Waals surface area contributed by atoms with Gasteiger partial charge in [-0.25, -0.2) is 4.99 Å². The normalized spacial score (nSPS) is 11.4. The van der Waals surface area contributed by atoms with Gasteiger partial charge in [0.1, 0.15) is 0 Å². The molecule has 84 valence electrons. The van der Waals surface area contributed by atoms with Gasteiger partial charge >= 0.3 is 0 Å². The maximum Gasteiger partial charge on any atom is 0.0912 e. The second-order valence-corrected chi connectivity index (χ2v) is 3.61. The molecule has 1 aromatic heterocycles. The third-order valence-electron chi connectivity index (χ3n) is 2.61. The minimum Gasteiger partial charge on any atom is -0.363 e. The van der Waals surface area contributed by atoms with E-state index in [-0.39, 0.29) is 0 Å². The molecule has 16 heavy (non-hydrogen) atoms. The molecule has 0 saturated heterocycles. The molecular formula is C12H16N4. The second kappa shape index (κ2) is 4.79. The van der Waals surface area contributed by atoms with Gasteiger partial charge in [-0.1, -0.05) is 0 Å². The van der Waals surface area contributed by atoms with E-state index in [0.29, 0.717) is 0 Å². The van der Waals surface area contributed by atoms with Crippen molar-refractivity contribution in [1.82, 2.24) is 15.1 Å². The Morgan fingerprint density at radius 2 is 2.19 bits per heavy atom. The summed E-state index contributed by atoms with van der Waals surface area (Å²) in [5.41, 5.74) is 1.97. The lowest BCUT2D eigenvalue weighted by Gasteiger charge is -2.13. The molecule has 0 unspecified atom stereocenters. The van der Waals surface area contributed by atoms with Crippen molar-refractivity contribution in [3.63, 3.8) is 0 Å². The smallest absolute Gasteiger partial charge is 0.0912 e. The summed E-state index contributed by atoms with van der Waals surface area (Å²) in [6, 6.07) is 6.02. The number of fused-ring (bicyclic) bond motifs is 1. The summed E-state index contributed by atoms with van der Waals surface area (Å²) in [7, 11) is 0. The zero-order valence-electron chi connectivity index (χ0n) is 9.64. The number of benzene rings is 1. The van der Waals surface area contributed by atoms with Gasteiger partial charge in [-0.2, -0.15) is 5.10 Å². The maximum atomic E-state index is 4.43. The molecule has 0 spiro atoms. The predicted molar refractivity (Wildman–Crippen MR) is 67.2 cm³/mol. The van der Waals surface area contributed by atoms with Crippen molar-refractivity contribution in [3.8, 4) is 0 Å². The van der Waals surface area contributed by atoms with Crippen LogP contribution in [0.1, 0.15) is 13.8 Å². The molecule has 0 fully saturated rings. The van der Waals surface area contributed by atoms with Crippen LogP contribution in [-0.4, -0.2) is 34.5 Å². The van der Waals surface area contributed by atoms with Gasteiger partial charge < -0.3 is 4.90 Å². The molecule has 1 aromatic carbocycles. The summed E-state index contributed by atoms with van der Waals surface area (Å²) in [5.74, 6) is 0. The molecular weight excluding hydrogens is 200 g/mol. The van der Waals surface area contributed by atoms with E-state index in [2.05, 4.69) is 33.9 Å². The zero-order chi connectivity index (χ0) is 11.4. The molecule has 0 atom stereocenters. The molecule has 4 heteroatoms. The quantitative estimate of drug-likeness (QED) is 0.630. The lowest BCUT2D eigenvalue weighted by Crippen LogP contribution is -2.20. The number of hydrogen-bond acceptors (Lipinski definition) is 2. The summed E-state index contributed by atoms with van der Waals surface area (Å²) in [4.78, 5) is 6.58. The molecule has 1 heterocycles. The van der Waals surface area contributed by atoms with Gasteiger partial charge in [-0.05, 0) is 32.0 Å². The molecule has 4 nitrogen and oxygen atoms in total. The second-order valence-electron chi connectivity index (χ2n) is 3.61. The van der Waals surface area contributed by atoms with Gasteiger partial charge in [-0.3, -0.25) is 5.10 Å².